The zero-order valence-corrected chi connectivity index (χ0v) is 16.7. The third kappa shape index (κ3) is 4.06. The molecule has 2 N–H and O–H groups in total. The molecule has 1 aliphatic heterocycles. The lowest BCUT2D eigenvalue weighted by Gasteiger charge is -2.58. The SMILES string of the molecule is CCOC1CC(N)(C(=O)N2CCC(OCCC(C)C)C2)C1(C)C.Cl. The maximum atomic E-state index is 12.9. The van der Waals surface area contributed by atoms with Crippen LogP contribution in [-0.4, -0.2) is 54.9 Å². The minimum atomic E-state index is -0.806. The highest BCUT2D eigenvalue weighted by Crippen LogP contribution is 2.50. The number of nitrogens with two attached hydrogens (primary N) is 1. The minimum absolute atomic E-state index is 0. The van der Waals surface area contributed by atoms with E-state index in [0.29, 0.717) is 25.5 Å². The first-order valence-corrected chi connectivity index (χ1v) is 9.03. The summed E-state index contributed by atoms with van der Waals surface area (Å²) in [7, 11) is 0. The van der Waals surface area contributed by atoms with E-state index >= 15 is 0 Å². The van der Waals surface area contributed by atoms with E-state index < -0.39 is 5.54 Å². The topological polar surface area (TPSA) is 64.8 Å². The molecule has 0 aromatic heterocycles. The summed E-state index contributed by atoms with van der Waals surface area (Å²) in [6.45, 7) is 13.3. The van der Waals surface area contributed by atoms with Gasteiger partial charge in [0.05, 0.1) is 12.2 Å². The van der Waals surface area contributed by atoms with E-state index in [1.165, 1.54) is 0 Å². The van der Waals surface area contributed by atoms with Gasteiger partial charge in [0.25, 0.3) is 0 Å². The molecule has 0 aromatic carbocycles. The summed E-state index contributed by atoms with van der Waals surface area (Å²) >= 11 is 0. The molecule has 1 saturated heterocycles. The van der Waals surface area contributed by atoms with Crippen LogP contribution >= 0.6 is 12.4 Å². The highest BCUT2D eigenvalue weighted by molar-refractivity contribution is 5.89. The van der Waals surface area contributed by atoms with E-state index in [1.54, 1.807) is 0 Å². The number of rotatable bonds is 7. The van der Waals surface area contributed by atoms with Crippen LogP contribution in [0.4, 0.5) is 0 Å². The van der Waals surface area contributed by atoms with Gasteiger partial charge >= 0.3 is 0 Å². The molecule has 1 heterocycles. The van der Waals surface area contributed by atoms with Gasteiger partial charge in [0.15, 0.2) is 0 Å². The number of carbonyl (C=O) groups is 1. The van der Waals surface area contributed by atoms with Gasteiger partial charge in [-0.05, 0) is 25.7 Å². The Morgan fingerprint density at radius 1 is 1.33 bits per heavy atom. The largest absolute Gasteiger partial charge is 0.378 e. The zero-order chi connectivity index (χ0) is 17.3. The van der Waals surface area contributed by atoms with Gasteiger partial charge in [-0.3, -0.25) is 4.79 Å². The number of amides is 1. The van der Waals surface area contributed by atoms with Crippen molar-refractivity contribution in [1.82, 2.24) is 4.90 Å². The molecule has 2 aliphatic rings. The van der Waals surface area contributed by atoms with Crippen molar-refractivity contribution < 1.29 is 14.3 Å². The third-order valence-electron chi connectivity index (χ3n) is 5.69. The second-order valence-corrected chi connectivity index (χ2v) is 8.06. The fraction of sp³-hybridized carbons (Fsp3) is 0.944. The molecule has 1 amide bonds. The lowest BCUT2D eigenvalue weighted by Crippen LogP contribution is -2.75. The Labute approximate surface area is 153 Å². The Bertz CT molecular complexity index is 430. The number of hydrogen-bond donors (Lipinski definition) is 1. The van der Waals surface area contributed by atoms with Gasteiger partial charge in [0.1, 0.15) is 5.54 Å². The highest BCUT2D eigenvalue weighted by atomic mass is 35.5. The molecule has 3 atom stereocenters. The summed E-state index contributed by atoms with van der Waals surface area (Å²) in [6.07, 6.45) is 2.82. The Kier molecular flexibility index (Phi) is 7.54. The van der Waals surface area contributed by atoms with Crippen LogP contribution in [0, 0.1) is 11.3 Å². The Morgan fingerprint density at radius 3 is 2.54 bits per heavy atom. The fourth-order valence-electron chi connectivity index (χ4n) is 3.60. The van der Waals surface area contributed by atoms with Gasteiger partial charge in [-0.2, -0.15) is 0 Å². The maximum Gasteiger partial charge on any atom is 0.243 e. The van der Waals surface area contributed by atoms with Gasteiger partial charge in [0.2, 0.25) is 5.91 Å². The number of hydrogen-bond acceptors (Lipinski definition) is 4. The summed E-state index contributed by atoms with van der Waals surface area (Å²) in [5.41, 5.74) is 5.37. The summed E-state index contributed by atoms with van der Waals surface area (Å²) in [6, 6.07) is 0. The van der Waals surface area contributed by atoms with Crippen LogP contribution < -0.4 is 5.73 Å². The van der Waals surface area contributed by atoms with E-state index in [2.05, 4.69) is 13.8 Å². The molecular formula is C18H35ClN2O3. The first kappa shape index (κ1) is 21.7. The lowest BCUT2D eigenvalue weighted by atomic mass is 9.54. The first-order chi connectivity index (χ1) is 10.7. The van der Waals surface area contributed by atoms with Crippen LogP contribution in [0.2, 0.25) is 0 Å². The fourth-order valence-corrected chi connectivity index (χ4v) is 3.60. The molecule has 0 bridgehead atoms. The van der Waals surface area contributed by atoms with Crippen molar-refractivity contribution >= 4 is 18.3 Å². The predicted octanol–water partition coefficient (Wildman–Crippen LogP) is 2.60. The molecule has 1 saturated carbocycles. The van der Waals surface area contributed by atoms with Crippen molar-refractivity contribution in [2.24, 2.45) is 17.1 Å². The monoisotopic (exact) mass is 362 g/mol. The second-order valence-electron chi connectivity index (χ2n) is 8.06. The van der Waals surface area contributed by atoms with Crippen LogP contribution in [0.1, 0.15) is 53.9 Å². The molecule has 5 nitrogen and oxygen atoms in total. The predicted molar refractivity (Wildman–Crippen MR) is 98.4 cm³/mol. The van der Waals surface area contributed by atoms with Crippen molar-refractivity contribution in [3.8, 4) is 0 Å². The Balaban J connectivity index is 0.00000288. The minimum Gasteiger partial charge on any atom is -0.378 e. The molecular weight excluding hydrogens is 328 g/mol. The second kappa shape index (κ2) is 8.35. The van der Waals surface area contributed by atoms with E-state index in [-0.39, 0.29) is 35.9 Å². The van der Waals surface area contributed by atoms with Gasteiger partial charge in [-0.15, -0.1) is 12.4 Å². The van der Waals surface area contributed by atoms with Crippen molar-refractivity contribution in [3.63, 3.8) is 0 Å². The molecule has 142 valence electrons. The smallest absolute Gasteiger partial charge is 0.243 e. The van der Waals surface area contributed by atoms with Gasteiger partial charge in [-0.1, -0.05) is 27.7 Å². The first-order valence-electron chi connectivity index (χ1n) is 9.03. The standard InChI is InChI=1S/C18H34N2O3.ClH/c1-6-22-15-11-18(19,17(15,4)5)16(21)20-9-7-14(12-20)23-10-8-13(2)3;/h13-15H,6-12,19H2,1-5H3;1H. The summed E-state index contributed by atoms with van der Waals surface area (Å²) < 4.78 is 11.6. The van der Waals surface area contributed by atoms with E-state index in [4.69, 9.17) is 15.2 Å². The van der Waals surface area contributed by atoms with Crippen molar-refractivity contribution in [3.05, 3.63) is 0 Å². The molecule has 0 aromatic rings. The zero-order valence-electron chi connectivity index (χ0n) is 15.8. The Hall–Kier alpha value is -0.360. The summed E-state index contributed by atoms with van der Waals surface area (Å²) in [5, 5.41) is 0. The van der Waals surface area contributed by atoms with E-state index in [0.717, 1.165) is 26.0 Å². The van der Waals surface area contributed by atoms with Crippen LogP contribution in [0.25, 0.3) is 0 Å². The quantitative estimate of drug-likeness (QED) is 0.756. The summed E-state index contributed by atoms with van der Waals surface area (Å²) in [5.74, 6) is 0.709. The molecule has 2 fully saturated rings. The molecule has 1 aliphatic carbocycles. The number of likely N-dealkylation sites (tertiary alicyclic amines) is 1. The molecule has 0 radical (unpaired) electrons. The Morgan fingerprint density at radius 2 is 2.00 bits per heavy atom. The van der Waals surface area contributed by atoms with Gasteiger partial charge in [0, 0.05) is 38.1 Å². The molecule has 24 heavy (non-hydrogen) atoms. The molecule has 0 spiro atoms. The van der Waals surface area contributed by atoms with Crippen LogP contribution in [0.15, 0.2) is 0 Å². The number of halogens is 1. The van der Waals surface area contributed by atoms with Crippen molar-refractivity contribution in [2.45, 2.75) is 71.6 Å². The molecule has 6 heteroatoms. The average Bonchev–Trinajstić information content (AvgIpc) is 2.94. The van der Waals surface area contributed by atoms with Crippen LogP contribution in [0.3, 0.4) is 0 Å². The van der Waals surface area contributed by atoms with Gasteiger partial charge < -0.3 is 20.1 Å². The lowest BCUT2D eigenvalue weighted by molar-refractivity contribution is -0.178. The van der Waals surface area contributed by atoms with Gasteiger partial charge in [-0.25, -0.2) is 0 Å². The van der Waals surface area contributed by atoms with Crippen molar-refractivity contribution in [2.75, 3.05) is 26.3 Å². The number of nitrogens with zero attached hydrogens (tertiary/aromatic N) is 1. The van der Waals surface area contributed by atoms with E-state index in [9.17, 15) is 4.79 Å². The van der Waals surface area contributed by atoms with E-state index in [1.807, 2.05) is 25.7 Å². The normalized spacial score (nSPS) is 31.7. The van der Waals surface area contributed by atoms with Crippen LogP contribution in [0.5, 0.6) is 0 Å². The summed E-state index contributed by atoms with van der Waals surface area (Å²) in [4.78, 5) is 14.8. The maximum absolute atomic E-state index is 12.9. The number of ether oxygens (including phenoxy) is 2. The average molecular weight is 363 g/mol. The third-order valence-corrected chi connectivity index (χ3v) is 5.69. The molecule has 3 unspecified atom stereocenters. The molecule has 2 rings (SSSR count). The van der Waals surface area contributed by atoms with Crippen LogP contribution in [-0.2, 0) is 14.3 Å². The van der Waals surface area contributed by atoms with Crippen molar-refractivity contribution in [1.29, 1.82) is 0 Å². The highest BCUT2D eigenvalue weighted by Gasteiger charge is 2.64. The number of carbonyl (C=O) groups excluding carboxylic acids is 1.